The molecule has 1 aromatic heterocycles. The summed E-state index contributed by atoms with van der Waals surface area (Å²) in [6.45, 7) is 8.20. The molecule has 2 aromatic rings. The number of likely N-dealkylation sites (tertiary alicyclic amines) is 1. The summed E-state index contributed by atoms with van der Waals surface area (Å²) in [6, 6.07) is 6.77. The van der Waals surface area contributed by atoms with Crippen LogP contribution in [-0.4, -0.2) is 47.3 Å². The lowest BCUT2D eigenvalue weighted by molar-refractivity contribution is 0.0292. The van der Waals surface area contributed by atoms with Crippen molar-refractivity contribution in [2.45, 2.75) is 45.3 Å². The molecule has 3 heterocycles. The lowest BCUT2D eigenvalue weighted by atomic mass is 9.97. The fourth-order valence-corrected chi connectivity index (χ4v) is 3.95. The van der Waals surface area contributed by atoms with Crippen molar-refractivity contribution in [3.05, 3.63) is 36.2 Å². The Labute approximate surface area is 148 Å². The SMILES string of the molecule is CC(C)(C)OC(=O)N1CCC(N2CCc3cncc4cccc2c34)C1. The molecule has 0 bridgehead atoms. The predicted octanol–water partition coefficient (Wildman–Crippen LogP) is 3.61. The van der Waals surface area contributed by atoms with Gasteiger partial charge in [0.2, 0.25) is 0 Å². The maximum absolute atomic E-state index is 12.4. The number of benzene rings is 1. The second-order valence-electron chi connectivity index (χ2n) is 7.99. The molecule has 0 spiro atoms. The van der Waals surface area contributed by atoms with Crippen LogP contribution in [0.4, 0.5) is 10.5 Å². The molecule has 1 atom stereocenters. The van der Waals surface area contributed by atoms with Gasteiger partial charge in [-0.25, -0.2) is 4.79 Å². The zero-order valence-electron chi connectivity index (χ0n) is 15.2. The standard InChI is InChI=1S/C20H25N3O2/c1-20(2,3)25-19(24)22-9-8-16(13-22)23-10-7-15-12-21-11-14-5-4-6-17(23)18(14)15/h4-6,11-12,16H,7-10,13H2,1-3H3. The molecule has 1 saturated heterocycles. The fourth-order valence-electron chi connectivity index (χ4n) is 3.95. The van der Waals surface area contributed by atoms with Crippen LogP contribution < -0.4 is 4.90 Å². The minimum Gasteiger partial charge on any atom is -0.444 e. The van der Waals surface area contributed by atoms with E-state index in [-0.39, 0.29) is 6.09 Å². The number of pyridine rings is 1. The predicted molar refractivity (Wildman–Crippen MR) is 99.0 cm³/mol. The molecule has 0 N–H and O–H groups in total. The number of hydrogen-bond donors (Lipinski definition) is 0. The average Bonchev–Trinajstić information content (AvgIpc) is 3.04. The van der Waals surface area contributed by atoms with E-state index in [2.05, 4.69) is 28.1 Å². The Bertz CT molecular complexity index is 807. The summed E-state index contributed by atoms with van der Waals surface area (Å²) in [5, 5.41) is 2.51. The summed E-state index contributed by atoms with van der Waals surface area (Å²) in [7, 11) is 0. The molecule has 1 fully saturated rings. The Hall–Kier alpha value is -2.30. The largest absolute Gasteiger partial charge is 0.444 e. The first-order valence-electron chi connectivity index (χ1n) is 9.02. The van der Waals surface area contributed by atoms with Gasteiger partial charge in [-0.05, 0) is 45.2 Å². The Morgan fingerprint density at radius 3 is 2.88 bits per heavy atom. The molecule has 2 aliphatic heterocycles. The van der Waals surface area contributed by atoms with Crippen molar-refractivity contribution in [3.63, 3.8) is 0 Å². The van der Waals surface area contributed by atoms with Crippen molar-refractivity contribution < 1.29 is 9.53 Å². The zero-order chi connectivity index (χ0) is 17.6. The van der Waals surface area contributed by atoms with Crippen molar-refractivity contribution in [2.75, 3.05) is 24.5 Å². The van der Waals surface area contributed by atoms with E-state index in [0.717, 1.165) is 32.5 Å². The van der Waals surface area contributed by atoms with E-state index in [0.29, 0.717) is 6.04 Å². The van der Waals surface area contributed by atoms with Gasteiger partial charge in [-0.3, -0.25) is 4.98 Å². The highest BCUT2D eigenvalue weighted by atomic mass is 16.6. The molecule has 4 rings (SSSR count). The van der Waals surface area contributed by atoms with E-state index in [4.69, 9.17) is 4.74 Å². The lowest BCUT2D eigenvalue weighted by Gasteiger charge is -2.36. The van der Waals surface area contributed by atoms with Gasteiger partial charge >= 0.3 is 6.09 Å². The second-order valence-corrected chi connectivity index (χ2v) is 7.99. The van der Waals surface area contributed by atoms with Gasteiger partial charge in [-0.2, -0.15) is 0 Å². The number of carbonyl (C=O) groups excluding carboxylic acids is 1. The molecule has 0 saturated carbocycles. The Kier molecular flexibility index (Phi) is 3.82. The molecular weight excluding hydrogens is 314 g/mol. The van der Waals surface area contributed by atoms with Crippen molar-refractivity contribution >= 4 is 22.6 Å². The molecule has 25 heavy (non-hydrogen) atoms. The molecule has 132 valence electrons. The monoisotopic (exact) mass is 339 g/mol. The summed E-state index contributed by atoms with van der Waals surface area (Å²) in [6.07, 6.45) is 5.72. The Balaban J connectivity index is 1.56. The van der Waals surface area contributed by atoms with Crippen LogP contribution in [0.2, 0.25) is 0 Å². The quantitative estimate of drug-likeness (QED) is 0.796. The van der Waals surface area contributed by atoms with E-state index in [1.807, 2.05) is 38.1 Å². The van der Waals surface area contributed by atoms with Crippen LogP contribution in [-0.2, 0) is 11.2 Å². The van der Waals surface area contributed by atoms with Gasteiger partial charge in [0, 0.05) is 54.5 Å². The van der Waals surface area contributed by atoms with Crippen LogP contribution in [0.3, 0.4) is 0 Å². The van der Waals surface area contributed by atoms with Crippen LogP contribution in [0.5, 0.6) is 0 Å². The molecule has 5 nitrogen and oxygen atoms in total. The summed E-state index contributed by atoms with van der Waals surface area (Å²) in [5.41, 5.74) is 2.15. The Morgan fingerprint density at radius 2 is 2.08 bits per heavy atom. The highest BCUT2D eigenvalue weighted by Crippen LogP contribution is 2.36. The lowest BCUT2D eigenvalue weighted by Crippen LogP contribution is -2.42. The number of ether oxygens (including phenoxy) is 1. The van der Waals surface area contributed by atoms with Crippen LogP contribution in [0.1, 0.15) is 32.8 Å². The molecule has 5 heteroatoms. The number of aromatic nitrogens is 1. The average molecular weight is 339 g/mol. The van der Waals surface area contributed by atoms with E-state index in [1.54, 1.807) is 0 Å². The van der Waals surface area contributed by atoms with Gasteiger partial charge in [0.05, 0.1) is 0 Å². The zero-order valence-corrected chi connectivity index (χ0v) is 15.2. The number of rotatable bonds is 1. The molecule has 1 amide bonds. The van der Waals surface area contributed by atoms with Crippen molar-refractivity contribution in [3.8, 4) is 0 Å². The van der Waals surface area contributed by atoms with E-state index in [1.165, 1.54) is 22.0 Å². The van der Waals surface area contributed by atoms with Crippen LogP contribution in [0.15, 0.2) is 30.6 Å². The van der Waals surface area contributed by atoms with Gasteiger partial charge in [-0.1, -0.05) is 12.1 Å². The summed E-state index contributed by atoms with van der Waals surface area (Å²) < 4.78 is 5.53. The molecular formula is C20H25N3O2. The third-order valence-corrected chi connectivity index (χ3v) is 5.03. The highest BCUT2D eigenvalue weighted by Gasteiger charge is 2.34. The third kappa shape index (κ3) is 3.03. The van der Waals surface area contributed by atoms with Gasteiger partial charge in [-0.15, -0.1) is 0 Å². The smallest absolute Gasteiger partial charge is 0.410 e. The molecule has 0 radical (unpaired) electrons. The van der Waals surface area contributed by atoms with E-state index in [9.17, 15) is 4.79 Å². The summed E-state index contributed by atoms with van der Waals surface area (Å²) in [5.74, 6) is 0. The summed E-state index contributed by atoms with van der Waals surface area (Å²) in [4.78, 5) is 21.0. The van der Waals surface area contributed by atoms with Crippen LogP contribution in [0, 0.1) is 0 Å². The molecule has 0 aliphatic carbocycles. The van der Waals surface area contributed by atoms with Gasteiger partial charge in [0.1, 0.15) is 5.60 Å². The number of carbonyl (C=O) groups is 1. The Morgan fingerprint density at radius 1 is 1.24 bits per heavy atom. The van der Waals surface area contributed by atoms with E-state index < -0.39 is 5.60 Å². The summed E-state index contributed by atoms with van der Waals surface area (Å²) >= 11 is 0. The fraction of sp³-hybridized carbons (Fsp3) is 0.500. The second kappa shape index (κ2) is 5.90. The van der Waals surface area contributed by atoms with Gasteiger partial charge < -0.3 is 14.5 Å². The molecule has 1 unspecified atom stereocenters. The van der Waals surface area contributed by atoms with Crippen molar-refractivity contribution in [2.24, 2.45) is 0 Å². The van der Waals surface area contributed by atoms with Crippen LogP contribution >= 0.6 is 0 Å². The number of anilines is 1. The first-order chi connectivity index (χ1) is 11.9. The maximum Gasteiger partial charge on any atom is 0.410 e. The van der Waals surface area contributed by atoms with Gasteiger partial charge in [0.15, 0.2) is 0 Å². The normalized spacial score (nSPS) is 20.2. The minimum atomic E-state index is -0.447. The van der Waals surface area contributed by atoms with E-state index >= 15 is 0 Å². The molecule has 2 aliphatic rings. The first kappa shape index (κ1) is 16.2. The highest BCUT2D eigenvalue weighted by molar-refractivity contribution is 5.97. The number of nitrogens with zero attached hydrogens (tertiary/aromatic N) is 3. The first-order valence-corrected chi connectivity index (χ1v) is 9.02. The van der Waals surface area contributed by atoms with Crippen LogP contribution in [0.25, 0.3) is 10.8 Å². The third-order valence-electron chi connectivity index (χ3n) is 5.03. The maximum atomic E-state index is 12.4. The topological polar surface area (TPSA) is 45.7 Å². The number of amides is 1. The number of hydrogen-bond acceptors (Lipinski definition) is 4. The minimum absolute atomic E-state index is 0.199. The molecule has 1 aromatic carbocycles. The van der Waals surface area contributed by atoms with Crippen molar-refractivity contribution in [1.29, 1.82) is 0 Å². The van der Waals surface area contributed by atoms with Crippen molar-refractivity contribution in [1.82, 2.24) is 9.88 Å². The van der Waals surface area contributed by atoms with Gasteiger partial charge in [0.25, 0.3) is 0 Å².